The van der Waals surface area contributed by atoms with Gasteiger partial charge in [-0.15, -0.1) is 0 Å². The zero-order valence-corrected chi connectivity index (χ0v) is 12.9. The highest BCUT2D eigenvalue weighted by Crippen LogP contribution is 2.24. The van der Waals surface area contributed by atoms with Crippen molar-refractivity contribution in [2.75, 3.05) is 13.6 Å². The second kappa shape index (κ2) is 6.83. The Labute approximate surface area is 126 Å². The van der Waals surface area contributed by atoms with Crippen LogP contribution >= 0.6 is 0 Å². The second-order valence-electron chi connectivity index (χ2n) is 5.62. The van der Waals surface area contributed by atoms with Gasteiger partial charge in [-0.05, 0) is 38.1 Å². The van der Waals surface area contributed by atoms with E-state index in [1.165, 1.54) is 17.2 Å². The van der Waals surface area contributed by atoms with Crippen LogP contribution < -0.4 is 5.73 Å². The Morgan fingerprint density at radius 2 is 1.86 bits per heavy atom. The number of likely N-dealkylation sites (N-methyl/N-ethyl adjacent to an activating group) is 1. The molecule has 0 heterocycles. The maximum absolute atomic E-state index is 14.1. The molecule has 0 bridgehead atoms. The minimum absolute atomic E-state index is 0.121. The highest BCUT2D eigenvalue weighted by Gasteiger charge is 2.19. The van der Waals surface area contributed by atoms with E-state index in [1.54, 1.807) is 6.07 Å². The van der Waals surface area contributed by atoms with Crippen LogP contribution in [-0.4, -0.2) is 18.5 Å². The summed E-state index contributed by atoms with van der Waals surface area (Å²) in [6.45, 7) is 5.20. The lowest BCUT2D eigenvalue weighted by Crippen LogP contribution is -2.31. The number of hydrogen-bond donors (Lipinski definition) is 1. The van der Waals surface area contributed by atoms with Gasteiger partial charge in [-0.25, -0.2) is 4.39 Å². The lowest BCUT2D eigenvalue weighted by molar-refractivity contribution is 0.236. The Kier molecular flexibility index (Phi) is 5.10. The summed E-state index contributed by atoms with van der Waals surface area (Å²) in [6, 6.07) is 13.3. The Bertz CT molecular complexity index is 610. The molecule has 0 aliphatic rings. The first kappa shape index (κ1) is 15.7. The molecule has 0 fully saturated rings. The smallest absolute Gasteiger partial charge is 0.128 e. The van der Waals surface area contributed by atoms with Gasteiger partial charge in [-0.2, -0.15) is 0 Å². The summed E-state index contributed by atoms with van der Waals surface area (Å²) >= 11 is 0. The molecule has 0 saturated heterocycles. The Hall–Kier alpha value is -1.71. The van der Waals surface area contributed by atoms with Gasteiger partial charge < -0.3 is 5.73 Å². The van der Waals surface area contributed by atoms with Gasteiger partial charge in [0.15, 0.2) is 0 Å². The third kappa shape index (κ3) is 3.69. The van der Waals surface area contributed by atoms with Gasteiger partial charge in [-0.3, -0.25) is 4.90 Å². The van der Waals surface area contributed by atoms with Crippen LogP contribution in [0.2, 0.25) is 0 Å². The first-order valence-corrected chi connectivity index (χ1v) is 7.23. The summed E-state index contributed by atoms with van der Waals surface area (Å²) in [5.41, 5.74) is 10.1. The first-order chi connectivity index (χ1) is 10.0. The van der Waals surface area contributed by atoms with Crippen LogP contribution in [-0.2, 0) is 6.54 Å². The summed E-state index contributed by atoms with van der Waals surface area (Å²) in [6.07, 6.45) is 0. The molecule has 21 heavy (non-hydrogen) atoms. The van der Waals surface area contributed by atoms with E-state index in [-0.39, 0.29) is 11.9 Å². The maximum atomic E-state index is 14.1. The third-order valence-corrected chi connectivity index (χ3v) is 3.95. The van der Waals surface area contributed by atoms with Crippen molar-refractivity contribution in [3.63, 3.8) is 0 Å². The van der Waals surface area contributed by atoms with Crippen molar-refractivity contribution >= 4 is 0 Å². The van der Waals surface area contributed by atoms with Gasteiger partial charge in [0.2, 0.25) is 0 Å². The number of benzene rings is 2. The van der Waals surface area contributed by atoms with E-state index in [4.69, 9.17) is 5.73 Å². The Morgan fingerprint density at radius 3 is 2.52 bits per heavy atom. The second-order valence-corrected chi connectivity index (χ2v) is 5.62. The highest BCUT2D eigenvalue weighted by atomic mass is 19.1. The molecule has 2 rings (SSSR count). The lowest BCUT2D eigenvalue weighted by atomic mass is 10.0. The van der Waals surface area contributed by atoms with Gasteiger partial charge in [0.25, 0.3) is 0 Å². The van der Waals surface area contributed by atoms with E-state index in [9.17, 15) is 4.39 Å². The zero-order valence-electron chi connectivity index (χ0n) is 12.9. The number of aryl methyl sites for hydroxylation is 2. The lowest BCUT2D eigenvalue weighted by Gasteiger charge is -2.28. The summed E-state index contributed by atoms with van der Waals surface area (Å²) in [4.78, 5) is 2.11. The quantitative estimate of drug-likeness (QED) is 0.910. The Morgan fingerprint density at radius 1 is 1.14 bits per heavy atom. The van der Waals surface area contributed by atoms with Crippen molar-refractivity contribution in [2.24, 2.45) is 5.73 Å². The van der Waals surface area contributed by atoms with E-state index in [0.29, 0.717) is 12.1 Å². The molecule has 3 heteroatoms. The van der Waals surface area contributed by atoms with Gasteiger partial charge in [0, 0.05) is 24.7 Å². The largest absolute Gasteiger partial charge is 0.329 e. The van der Waals surface area contributed by atoms with E-state index < -0.39 is 0 Å². The van der Waals surface area contributed by atoms with Crippen molar-refractivity contribution in [1.29, 1.82) is 0 Å². The molecule has 0 spiro atoms. The minimum Gasteiger partial charge on any atom is -0.329 e. The SMILES string of the molecule is Cc1ccc(F)c(C(CN)N(C)Cc2ccccc2C)c1. The third-order valence-electron chi connectivity index (χ3n) is 3.95. The van der Waals surface area contributed by atoms with Crippen LogP contribution in [0.3, 0.4) is 0 Å². The standard InChI is InChI=1S/C18H23FN2/c1-13-8-9-17(19)16(10-13)18(11-20)21(3)12-15-7-5-4-6-14(15)2/h4-10,18H,11-12,20H2,1-3H3. The molecular formula is C18H23FN2. The fraction of sp³-hybridized carbons (Fsp3) is 0.333. The maximum Gasteiger partial charge on any atom is 0.128 e. The highest BCUT2D eigenvalue weighted by molar-refractivity contribution is 5.29. The number of rotatable bonds is 5. The molecule has 0 aliphatic heterocycles. The molecule has 0 radical (unpaired) electrons. The van der Waals surface area contributed by atoms with Gasteiger partial charge in [0.1, 0.15) is 5.82 Å². The minimum atomic E-state index is -0.187. The van der Waals surface area contributed by atoms with E-state index >= 15 is 0 Å². The topological polar surface area (TPSA) is 29.3 Å². The predicted molar refractivity (Wildman–Crippen MR) is 85.6 cm³/mol. The molecular weight excluding hydrogens is 263 g/mol. The average molecular weight is 286 g/mol. The molecule has 112 valence electrons. The van der Waals surface area contributed by atoms with Crippen LogP contribution in [0.15, 0.2) is 42.5 Å². The predicted octanol–water partition coefficient (Wildman–Crippen LogP) is 3.57. The molecule has 0 amide bonds. The molecule has 0 aromatic heterocycles. The van der Waals surface area contributed by atoms with Gasteiger partial charge >= 0.3 is 0 Å². The number of hydrogen-bond acceptors (Lipinski definition) is 2. The monoisotopic (exact) mass is 286 g/mol. The normalized spacial score (nSPS) is 12.7. The number of halogens is 1. The van der Waals surface area contributed by atoms with Crippen LogP contribution in [0.1, 0.15) is 28.3 Å². The summed E-state index contributed by atoms with van der Waals surface area (Å²) in [5.74, 6) is -0.187. The van der Waals surface area contributed by atoms with Crippen LogP contribution in [0.4, 0.5) is 4.39 Å². The number of nitrogens with two attached hydrogens (primary N) is 1. The summed E-state index contributed by atoms with van der Waals surface area (Å²) in [7, 11) is 1.99. The average Bonchev–Trinajstić information content (AvgIpc) is 2.46. The fourth-order valence-electron chi connectivity index (χ4n) is 2.63. The first-order valence-electron chi connectivity index (χ1n) is 7.23. The molecule has 2 aromatic rings. The number of nitrogens with zero attached hydrogens (tertiary/aromatic N) is 1. The fourth-order valence-corrected chi connectivity index (χ4v) is 2.63. The zero-order chi connectivity index (χ0) is 15.4. The molecule has 1 atom stereocenters. The van der Waals surface area contributed by atoms with E-state index in [2.05, 4.69) is 24.0 Å². The summed E-state index contributed by atoms with van der Waals surface area (Å²) in [5, 5.41) is 0. The van der Waals surface area contributed by atoms with Gasteiger partial charge in [0.05, 0.1) is 0 Å². The molecule has 2 N–H and O–H groups in total. The van der Waals surface area contributed by atoms with Crippen molar-refractivity contribution in [2.45, 2.75) is 26.4 Å². The van der Waals surface area contributed by atoms with E-state index in [1.807, 2.05) is 32.2 Å². The molecule has 2 aromatic carbocycles. The van der Waals surface area contributed by atoms with Crippen molar-refractivity contribution in [1.82, 2.24) is 4.90 Å². The Balaban J connectivity index is 2.25. The van der Waals surface area contributed by atoms with Crippen LogP contribution in [0.25, 0.3) is 0 Å². The molecule has 0 saturated carbocycles. The van der Waals surface area contributed by atoms with E-state index in [0.717, 1.165) is 12.1 Å². The van der Waals surface area contributed by atoms with Crippen molar-refractivity contribution in [3.8, 4) is 0 Å². The van der Waals surface area contributed by atoms with Crippen LogP contribution in [0, 0.1) is 19.7 Å². The summed E-state index contributed by atoms with van der Waals surface area (Å²) < 4.78 is 14.1. The van der Waals surface area contributed by atoms with Crippen molar-refractivity contribution in [3.05, 3.63) is 70.5 Å². The van der Waals surface area contributed by atoms with Crippen LogP contribution in [0.5, 0.6) is 0 Å². The molecule has 2 nitrogen and oxygen atoms in total. The van der Waals surface area contributed by atoms with Gasteiger partial charge in [-0.1, -0.05) is 42.0 Å². The molecule has 1 unspecified atom stereocenters. The van der Waals surface area contributed by atoms with Crippen molar-refractivity contribution < 1.29 is 4.39 Å². The molecule has 0 aliphatic carbocycles.